The van der Waals surface area contributed by atoms with Crippen molar-refractivity contribution in [3.63, 3.8) is 0 Å². The van der Waals surface area contributed by atoms with Crippen LogP contribution >= 0.6 is 0 Å². The zero-order valence-electron chi connectivity index (χ0n) is 9.76. The van der Waals surface area contributed by atoms with Crippen LogP contribution in [0.3, 0.4) is 0 Å². The number of carbonyl (C=O) groups is 1. The maximum Gasteiger partial charge on any atom is 0.140 e. The third kappa shape index (κ3) is 7.04. The normalized spacial score (nSPS) is 11.7. The van der Waals surface area contributed by atoms with Crippen LogP contribution in [0.4, 0.5) is 0 Å². The molecule has 0 aromatic heterocycles. The Morgan fingerprint density at radius 3 is 2.14 bits per heavy atom. The van der Waals surface area contributed by atoms with Gasteiger partial charge in [0.1, 0.15) is 5.78 Å². The largest absolute Gasteiger partial charge is 0.379 e. The van der Waals surface area contributed by atoms with Crippen molar-refractivity contribution >= 4 is 5.78 Å². The zero-order chi connectivity index (χ0) is 11.0. The van der Waals surface area contributed by atoms with Crippen LogP contribution in [0.15, 0.2) is 0 Å². The molecule has 0 heterocycles. The average molecular weight is 202 g/mol. The molecule has 3 heteroatoms. The Morgan fingerprint density at radius 2 is 1.64 bits per heavy atom. The lowest BCUT2D eigenvalue weighted by molar-refractivity contribution is -0.127. The highest BCUT2D eigenvalue weighted by molar-refractivity contribution is 5.83. The highest BCUT2D eigenvalue weighted by atomic mass is 16.5. The van der Waals surface area contributed by atoms with Crippen molar-refractivity contribution in [2.24, 2.45) is 5.41 Å². The van der Waals surface area contributed by atoms with Crippen LogP contribution < -0.4 is 0 Å². The van der Waals surface area contributed by atoms with Gasteiger partial charge in [-0.25, -0.2) is 0 Å². The van der Waals surface area contributed by atoms with Crippen LogP contribution in [-0.4, -0.2) is 32.2 Å². The Hall–Kier alpha value is -0.410. The number of ether oxygens (including phenoxy) is 2. The molecular formula is C11H22O3. The van der Waals surface area contributed by atoms with E-state index < -0.39 is 0 Å². The molecule has 3 nitrogen and oxygen atoms in total. The summed E-state index contributed by atoms with van der Waals surface area (Å²) in [7, 11) is 0. The molecular weight excluding hydrogens is 180 g/mol. The minimum atomic E-state index is -0.247. The van der Waals surface area contributed by atoms with E-state index in [9.17, 15) is 4.79 Å². The quantitative estimate of drug-likeness (QED) is 0.593. The first-order chi connectivity index (χ1) is 6.48. The fourth-order valence-electron chi connectivity index (χ4n) is 0.904. The fraction of sp³-hybridized carbons (Fsp3) is 0.909. The van der Waals surface area contributed by atoms with Crippen LogP contribution in [0.2, 0.25) is 0 Å². The molecule has 0 unspecified atom stereocenters. The van der Waals surface area contributed by atoms with Gasteiger partial charge in [0.2, 0.25) is 0 Å². The summed E-state index contributed by atoms with van der Waals surface area (Å²) in [5.41, 5.74) is -0.247. The van der Waals surface area contributed by atoms with Gasteiger partial charge in [-0.3, -0.25) is 4.79 Å². The maximum atomic E-state index is 11.4. The number of hydrogen-bond donors (Lipinski definition) is 0. The van der Waals surface area contributed by atoms with Gasteiger partial charge in [-0.15, -0.1) is 0 Å². The maximum absolute atomic E-state index is 11.4. The Morgan fingerprint density at radius 1 is 1.07 bits per heavy atom. The number of ketones is 1. The number of Topliss-reactive ketones (excluding diaryl/α,β-unsaturated/α-hetero) is 1. The van der Waals surface area contributed by atoms with Crippen molar-refractivity contribution in [2.75, 3.05) is 26.4 Å². The lowest BCUT2D eigenvalue weighted by atomic mass is 9.89. The summed E-state index contributed by atoms with van der Waals surface area (Å²) in [5.74, 6) is 0.244. The first kappa shape index (κ1) is 13.6. The smallest absolute Gasteiger partial charge is 0.140 e. The summed E-state index contributed by atoms with van der Waals surface area (Å²) < 4.78 is 10.4. The van der Waals surface area contributed by atoms with Crippen molar-refractivity contribution in [2.45, 2.75) is 34.1 Å². The lowest BCUT2D eigenvalue weighted by Crippen LogP contribution is -2.21. The molecule has 0 aliphatic heterocycles. The van der Waals surface area contributed by atoms with Gasteiger partial charge >= 0.3 is 0 Å². The van der Waals surface area contributed by atoms with E-state index in [0.29, 0.717) is 32.8 Å². The summed E-state index contributed by atoms with van der Waals surface area (Å²) in [6, 6.07) is 0. The minimum Gasteiger partial charge on any atom is -0.379 e. The SMILES string of the molecule is CCOCCOCCC(=O)C(C)(C)C. The number of rotatable bonds is 7. The van der Waals surface area contributed by atoms with E-state index >= 15 is 0 Å². The first-order valence-electron chi connectivity index (χ1n) is 5.17. The van der Waals surface area contributed by atoms with E-state index in [4.69, 9.17) is 9.47 Å². The van der Waals surface area contributed by atoms with E-state index in [1.165, 1.54) is 0 Å². The van der Waals surface area contributed by atoms with Gasteiger partial charge < -0.3 is 9.47 Å². The highest BCUT2D eigenvalue weighted by Crippen LogP contribution is 2.16. The molecule has 0 saturated heterocycles. The summed E-state index contributed by atoms with van der Waals surface area (Å²) in [6.07, 6.45) is 0.496. The standard InChI is InChI=1S/C11H22O3/c1-5-13-8-9-14-7-6-10(12)11(2,3)4/h5-9H2,1-4H3. The van der Waals surface area contributed by atoms with Crippen molar-refractivity contribution in [1.82, 2.24) is 0 Å². The van der Waals surface area contributed by atoms with Crippen LogP contribution in [0.5, 0.6) is 0 Å². The second kappa shape index (κ2) is 6.96. The molecule has 0 spiro atoms. The van der Waals surface area contributed by atoms with E-state index in [1.54, 1.807) is 0 Å². The van der Waals surface area contributed by atoms with E-state index in [0.717, 1.165) is 0 Å². The van der Waals surface area contributed by atoms with Crippen molar-refractivity contribution in [3.05, 3.63) is 0 Å². The van der Waals surface area contributed by atoms with Gasteiger partial charge in [-0.1, -0.05) is 20.8 Å². The first-order valence-corrected chi connectivity index (χ1v) is 5.17. The lowest BCUT2D eigenvalue weighted by Gasteiger charge is -2.16. The summed E-state index contributed by atoms with van der Waals surface area (Å²) in [4.78, 5) is 11.4. The molecule has 0 aliphatic carbocycles. The molecule has 14 heavy (non-hydrogen) atoms. The second-order valence-corrected chi connectivity index (χ2v) is 4.23. The molecule has 0 aliphatic rings. The Bertz CT molecular complexity index is 158. The predicted molar refractivity (Wildman–Crippen MR) is 56.4 cm³/mol. The third-order valence-corrected chi connectivity index (χ3v) is 1.89. The molecule has 0 aromatic rings. The molecule has 0 fully saturated rings. The molecule has 0 radical (unpaired) electrons. The van der Waals surface area contributed by atoms with Gasteiger partial charge in [-0.2, -0.15) is 0 Å². The molecule has 0 saturated carbocycles. The van der Waals surface area contributed by atoms with Gasteiger partial charge in [0.05, 0.1) is 19.8 Å². The molecule has 0 atom stereocenters. The van der Waals surface area contributed by atoms with E-state index in [2.05, 4.69) is 0 Å². The summed E-state index contributed by atoms with van der Waals surface area (Å²) >= 11 is 0. The molecule has 0 amide bonds. The van der Waals surface area contributed by atoms with Crippen molar-refractivity contribution in [1.29, 1.82) is 0 Å². The summed E-state index contributed by atoms with van der Waals surface area (Å²) in [5, 5.41) is 0. The molecule has 0 bridgehead atoms. The zero-order valence-corrected chi connectivity index (χ0v) is 9.76. The highest BCUT2D eigenvalue weighted by Gasteiger charge is 2.20. The van der Waals surface area contributed by atoms with Crippen LogP contribution in [-0.2, 0) is 14.3 Å². The van der Waals surface area contributed by atoms with Gasteiger partial charge in [0.15, 0.2) is 0 Å². The Balaban J connectivity index is 3.33. The van der Waals surface area contributed by atoms with Crippen molar-refractivity contribution in [3.8, 4) is 0 Å². The Labute approximate surface area is 86.8 Å². The fourth-order valence-corrected chi connectivity index (χ4v) is 0.904. The monoisotopic (exact) mass is 202 g/mol. The molecule has 0 N–H and O–H groups in total. The molecule has 84 valence electrons. The van der Waals surface area contributed by atoms with Gasteiger partial charge in [-0.05, 0) is 6.92 Å². The number of hydrogen-bond acceptors (Lipinski definition) is 3. The number of carbonyl (C=O) groups excluding carboxylic acids is 1. The third-order valence-electron chi connectivity index (χ3n) is 1.89. The molecule has 0 rings (SSSR count). The van der Waals surface area contributed by atoms with Crippen LogP contribution in [0.1, 0.15) is 34.1 Å². The minimum absolute atomic E-state index is 0.244. The van der Waals surface area contributed by atoms with Gasteiger partial charge in [0.25, 0.3) is 0 Å². The van der Waals surface area contributed by atoms with Crippen LogP contribution in [0.25, 0.3) is 0 Å². The second-order valence-electron chi connectivity index (χ2n) is 4.23. The Kier molecular flexibility index (Phi) is 6.75. The van der Waals surface area contributed by atoms with Crippen molar-refractivity contribution < 1.29 is 14.3 Å². The van der Waals surface area contributed by atoms with E-state index in [-0.39, 0.29) is 11.2 Å². The van der Waals surface area contributed by atoms with Crippen LogP contribution in [0, 0.1) is 5.41 Å². The average Bonchev–Trinajstić information content (AvgIpc) is 2.09. The molecule has 0 aromatic carbocycles. The topological polar surface area (TPSA) is 35.5 Å². The predicted octanol–water partition coefficient (Wildman–Crippen LogP) is 2.04. The summed E-state index contributed by atoms with van der Waals surface area (Å²) in [6.45, 7) is 10.1. The van der Waals surface area contributed by atoms with Gasteiger partial charge in [0, 0.05) is 18.4 Å². The van der Waals surface area contributed by atoms with E-state index in [1.807, 2.05) is 27.7 Å².